The predicted molar refractivity (Wildman–Crippen MR) is 76.4 cm³/mol. The lowest BCUT2D eigenvalue weighted by molar-refractivity contribution is 0.415. The minimum Gasteiger partial charge on any atom is -0.497 e. The van der Waals surface area contributed by atoms with Crippen molar-refractivity contribution in [2.24, 2.45) is 0 Å². The van der Waals surface area contributed by atoms with Gasteiger partial charge in [-0.3, -0.25) is 0 Å². The van der Waals surface area contributed by atoms with Gasteiger partial charge in [-0.2, -0.15) is 0 Å². The van der Waals surface area contributed by atoms with Crippen molar-refractivity contribution in [3.05, 3.63) is 42.0 Å². The number of aryl methyl sites for hydroxylation is 2. The van der Waals surface area contributed by atoms with Crippen LogP contribution in [0.3, 0.4) is 0 Å². The summed E-state index contributed by atoms with van der Waals surface area (Å²) < 4.78 is 7.68. The van der Waals surface area contributed by atoms with E-state index in [1.54, 1.807) is 7.11 Å². The van der Waals surface area contributed by atoms with Crippen molar-refractivity contribution in [1.82, 2.24) is 4.57 Å². The zero-order chi connectivity index (χ0) is 12.7. The SMILES string of the molecule is CCn1c2cc(OC)ccc2c2c(C)cccc21. The third-order valence-electron chi connectivity index (χ3n) is 3.62. The average Bonchev–Trinajstić information content (AvgIpc) is 2.72. The lowest BCUT2D eigenvalue weighted by Crippen LogP contribution is -1.93. The lowest BCUT2D eigenvalue weighted by Gasteiger charge is -2.04. The molecule has 2 heteroatoms. The molecule has 2 nitrogen and oxygen atoms in total. The quantitative estimate of drug-likeness (QED) is 0.655. The van der Waals surface area contributed by atoms with Crippen LogP contribution in [0.25, 0.3) is 21.8 Å². The maximum atomic E-state index is 5.33. The summed E-state index contributed by atoms with van der Waals surface area (Å²) in [4.78, 5) is 0. The van der Waals surface area contributed by atoms with Gasteiger partial charge in [-0.25, -0.2) is 0 Å². The average molecular weight is 239 g/mol. The Balaban J connectivity index is 2.53. The van der Waals surface area contributed by atoms with Gasteiger partial charge in [-0.1, -0.05) is 12.1 Å². The van der Waals surface area contributed by atoms with Gasteiger partial charge in [-0.15, -0.1) is 0 Å². The number of hydrogen-bond acceptors (Lipinski definition) is 1. The molecule has 0 atom stereocenters. The second kappa shape index (κ2) is 4.05. The molecule has 92 valence electrons. The summed E-state index contributed by atoms with van der Waals surface area (Å²) in [5, 5.41) is 2.67. The molecule has 3 aromatic rings. The van der Waals surface area contributed by atoms with Crippen molar-refractivity contribution < 1.29 is 4.74 Å². The molecule has 2 aromatic carbocycles. The van der Waals surface area contributed by atoms with Crippen molar-refractivity contribution in [2.75, 3.05) is 7.11 Å². The normalized spacial score (nSPS) is 11.3. The first-order chi connectivity index (χ1) is 8.76. The molecule has 0 aliphatic heterocycles. The first-order valence-electron chi connectivity index (χ1n) is 6.31. The van der Waals surface area contributed by atoms with E-state index in [2.05, 4.69) is 48.7 Å². The van der Waals surface area contributed by atoms with Gasteiger partial charge in [0.05, 0.1) is 12.6 Å². The highest BCUT2D eigenvalue weighted by Crippen LogP contribution is 2.33. The van der Waals surface area contributed by atoms with Crippen LogP contribution in [0.15, 0.2) is 36.4 Å². The molecular weight excluding hydrogens is 222 g/mol. The van der Waals surface area contributed by atoms with Crippen LogP contribution in [0.1, 0.15) is 12.5 Å². The number of nitrogens with zero attached hydrogens (tertiary/aromatic N) is 1. The van der Waals surface area contributed by atoms with Crippen molar-refractivity contribution >= 4 is 21.8 Å². The van der Waals surface area contributed by atoms with Crippen LogP contribution in [-0.2, 0) is 6.54 Å². The smallest absolute Gasteiger partial charge is 0.120 e. The molecule has 3 rings (SSSR count). The highest BCUT2D eigenvalue weighted by Gasteiger charge is 2.11. The molecule has 18 heavy (non-hydrogen) atoms. The zero-order valence-corrected chi connectivity index (χ0v) is 11.0. The fourth-order valence-electron chi connectivity index (χ4n) is 2.77. The standard InChI is InChI=1S/C16H17NO/c1-4-17-14-7-5-6-11(2)16(14)13-9-8-12(18-3)10-15(13)17/h5-10H,4H2,1-3H3. The second-order valence-corrected chi connectivity index (χ2v) is 4.60. The third kappa shape index (κ3) is 1.42. The number of ether oxygens (including phenoxy) is 1. The van der Waals surface area contributed by atoms with E-state index >= 15 is 0 Å². The molecule has 0 spiro atoms. The molecular formula is C16H17NO. The summed E-state index contributed by atoms with van der Waals surface area (Å²) in [5.74, 6) is 0.914. The molecule has 0 unspecified atom stereocenters. The van der Waals surface area contributed by atoms with E-state index in [0.717, 1.165) is 12.3 Å². The van der Waals surface area contributed by atoms with Crippen LogP contribution in [0.2, 0.25) is 0 Å². The molecule has 0 bridgehead atoms. The predicted octanol–water partition coefficient (Wildman–Crippen LogP) is 4.13. The topological polar surface area (TPSA) is 14.2 Å². The first-order valence-corrected chi connectivity index (χ1v) is 6.31. The first kappa shape index (κ1) is 11.1. The number of aromatic nitrogens is 1. The molecule has 0 aliphatic rings. The summed E-state index contributed by atoms with van der Waals surface area (Å²) in [6, 6.07) is 12.8. The van der Waals surface area contributed by atoms with Crippen LogP contribution in [-0.4, -0.2) is 11.7 Å². The minimum atomic E-state index is 0.914. The Bertz CT molecular complexity index is 725. The molecule has 0 N–H and O–H groups in total. The fourth-order valence-corrected chi connectivity index (χ4v) is 2.77. The zero-order valence-electron chi connectivity index (χ0n) is 11.0. The number of benzene rings is 2. The Morgan fingerprint density at radius 2 is 1.94 bits per heavy atom. The summed E-state index contributed by atoms with van der Waals surface area (Å²) in [7, 11) is 1.71. The summed E-state index contributed by atoms with van der Waals surface area (Å²) in [6.07, 6.45) is 0. The van der Waals surface area contributed by atoms with Crippen LogP contribution in [0.5, 0.6) is 5.75 Å². The third-order valence-corrected chi connectivity index (χ3v) is 3.62. The highest BCUT2D eigenvalue weighted by atomic mass is 16.5. The van der Waals surface area contributed by atoms with Gasteiger partial charge in [-0.05, 0) is 37.6 Å². The van der Waals surface area contributed by atoms with Gasteiger partial charge in [0, 0.05) is 28.9 Å². The Hall–Kier alpha value is -1.96. The van der Waals surface area contributed by atoms with Gasteiger partial charge in [0.1, 0.15) is 5.75 Å². The summed E-state index contributed by atoms with van der Waals surface area (Å²) >= 11 is 0. The Morgan fingerprint density at radius 1 is 1.11 bits per heavy atom. The Kier molecular flexibility index (Phi) is 2.51. The second-order valence-electron chi connectivity index (χ2n) is 4.60. The van der Waals surface area contributed by atoms with E-state index in [-0.39, 0.29) is 0 Å². The van der Waals surface area contributed by atoms with Crippen LogP contribution in [0.4, 0.5) is 0 Å². The number of fused-ring (bicyclic) bond motifs is 3. The van der Waals surface area contributed by atoms with E-state index in [0.29, 0.717) is 0 Å². The van der Waals surface area contributed by atoms with Gasteiger partial charge >= 0.3 is 0 Å². The van der Waals surface area contributed by atoms with E-state index in [1.165, 1.54) is 27.4 Å². The van der Waals surface area contributed by atoms with Crippen LogP contribution < -0.4 is 4.74 Å². The number of methoxy groups -OCH3 is 1. The Labute approximate surface area is 107 Å². The van der Waals surface area contributed by atoms with Crippen molar-refractivity contribution in [2.45, 2.75) is 20.4 Å². The van der Waals surface area contributed by atoms with E-state index < -0.39 is 0 Å². The molecule has 0 fully saturated rings. The highest BCUT2D eigenvalue weighted by molar-refractivity contribution is 6.10. The van der Waals surface area contributed by atoms with Gasteiger partial charge in [0.25, 0.3) is 0 Å². The van der Waals surface area contributed by atoms with Crippen LogP contribution >= 0.6 is 0 Å². The summed E-state index contributed by atoms with van der Waals surface area (Å²) in [6.45, 7) is 5.32. The molecule has 0 saturated heterocycles. The fraction of sp³-hybridized carbons (Fsp3) is 0.250. The van der Waals surface area contributed by atoms with Crippen LogP contribution in [0, 0.1) is 6.92 Å². The molecule has 0 amide bonds. The monoisotopic (exact) mass is 239 g/mol. The molecule has 0 aliphatic carbocycles. The molecule has 0 saturated carbocycles. The van der Waals surface area contributed by atoms with E-state index in [1.807, 2.05) is 6.07 Å². The van der Waals surface area contributed by atoms with E-state index in [9.17, 15) is 0 Å². The number of hydrogen-bond donors (Lipinski definition) is 0. The van der Waals surface area contributed by atoms with Crippen molar-refractivity contribution in [3.63, 3.8) is 0 Å². The number of rotatable bonds is 2. The lowest BCUT2D eigenvalue weighted by atomic mass is 10.1. The largest absolute Gasteiger partial charge is 0.497 e. The van der Waals surface area contributed by atoms with Crippen molar-refractivity contribution in [3.8, 4) is 5.75 Å². The Morgan fingerprint density at radius 3 is 2.67 bits per heavy atom. The van der Waals surface area contributed by atoms with E-state index in [4.69, 9.17) is 4.74 Å². The van der Waals surface area contributed by atoms with Gasteiger partial charge in [0.2, 0.25) is 0 Å². The minimum absolute atomic E-state index is 0.914. The maximum absolute atomic E-state index is 5.33. The molecule has 1 aromatic heterocycles. The van der Waals surface area contributed by atoms with Gasteiger partial charge < -0.3 is 9.30 Å². The van der Waals surface area contributed by atoms with Gasteiger partial charge in [0.15, 0.2) is 0 Å². The molecule has 0 radical (unpaired) electrons. The maximum Gasteiger partial charge on any atom is 0.120 e. The van der Waals surface area contributed by atoms with Crippen molar-refractivity contribution in [1.29, 1.82) is 0 Å². The molecule has 1 heterocycles. The summed E-state index contributed by atoms with van der Waals surface area (Å²) in [5.41, 5.74) is 3.89.